The Labute approximate surface area is 224 Å². The van der Waals surface area contributed by atoms with E-state index < -0.39 is 11.8 Å². The van der Waals surface area contributed by atoms with Crippen LogP contribution in [0.3, 0.4) is 0 Å². The lowest BCUT2D eigenvalue weighted by molar-refractivity contribution is -0.118. The number of nitriles is 1. The fourth-order valence-corrected chi connectivity index (χ4v) is 3.62. The van der Waals surface area contributed by atoms with E-state index in [4.69, 9.17) is 37.4 Å². The third-order valence-electron chi connectivity index (χ3n) is 4.85. The SMILES string of the molecule is CCOc1ccc(NC(=O)/C(C#N)=C/c2cc(Cl)c(OCC(=O)Nc3ccccc3Cl)c(OC)c2)cc1. The first-order valence-corrected chi connectivity index (χ1v) is 11.8. The Bertz CT molecular complexity index is 1350. The van der Waals surface area contributed by atoms with Gasteiger partial charge in [-0.2, -0.15) is 5.26 Å². The highest BCUT2D eigenvalue weighted by molar-refractivity contribution is 6.33. The molecule has 0 atom stereocenters. The summed E-state index contributed by atoms with van der Waals surface area (Å²) in [6.07, 6.45) is 1.37. The molecule has 37 heavy (non-hydrogen) atoms. The maximum absolute atomic E-state index is 12.6. The van der Waals surface area contributed by atoms with Gasteiger partial charge in [-0.1, -0.05) is 35.3 Å². The number of anilines is 2. The van der Waals surface area contributed by atoms with Gasteiger partial charge in [0.25, 0.3) is 11.8 Å². The van der Waals surface area contributed by atoms with Crippen molar-refractivity contribution in [1.82, 2.24) is 0 Å². The first-order valence-electron chi connectivity index (χ1n) is 11.0. The van der Waals surface area contributed by atoms with E-state index in [9.17, 15) is 14.9 Å². The maximum Gasteiger partial charge on any atom is 0.266 e. The first kappa shape index (κ1) is 27.4. The number of benzene rings is 3. The van der Waals surface area contributed by atoms with Crippen molar-refractivity contribution in [3.05, 3.63) is 81.8 Å². The molecule has 2 amide bonds. The Balaban J connectivity index is 1.72. The van der Waals surface area contributed by atoms with Crippen LogP contribution in [0.4, 0.5) is 11.4 Å². The fraction of sp³-hybridized carbons (Fsp3) is 0.148. The number of halogens is 2. The number of nitrogens with zero attached hydrogens (tertiary/aromatic N) is 1. The molecular formula is C27H23Cl2N3O5. The van der Waals surface area contributed by atoms with E-state index in [-0.39, 0.29) is 28.7 Å². The summed E-state index contributed by atoms with van der Waals surface area (Å²) < 4.78 is 16.3. The van der Waals surface area contributed by atoms with Crippen LogP contribution < -0.4 is 24.8 Å². The van der Waals surface area contributed by atoms with Gasteiger partial charge >= 0.3 is 0 Å². The smallest absolute Gasteiger partial charge is 0.266 e. The van der Waals surface area contributed by atoms with E-state index in [1.54, 1.807) is 48.5 Å². The fourth-order valence-electron chi connectivity index (χ4n) is 3.16. The highest BCUT2D eigenvalue weighted by Gasteiger charge is 2.16. The molecule has 0 saturated carbocycles. The van der Waals surface area contributed by atoms with E-state index >= 15 is 0 Å². The van der Waals surface area contributed by atoms with E-state index in [1.165, 1.54) is 25.3 Å². The van der Waals surface area contributed by atoms with Gasteiger partial charge in [-0.25, -0.2) is 0 Å². The maximum atomic E-state index is 12.6. The number of nitrogens with one attached hydrogen (secondary N) is 2. The number of hydrogen-bond acceptors (Lipinski definition) is 6. The van der Waals surface area contributed by atoms with Gasteiger partial charge in [0.05, 0.1) is 29.4 Å². The third-order valence-corrected chi connectivity index (χ3v) is 5.46. The number of rotatable bonds is 10. The minimum atomic E-state index is -0.599. The van der Waals surface area contributed by atoms with Crippen LogP contribution in [0.1, 0.15) is 12.5 Å². The predicted molar refractivity (Wildman–Crippen MR) is 143 cm³/mol. The highest BCUT2D eigenvalue weighted by atomic mass is 35.5. The van der Waals surface area contributed by atoms with Crippen LogP contribution in [-0.2, 0) is 9.59 Å². The second-order valence-corrected chi connectivity index (χ2v) is 8.25. The van der Waals surface area contributed by atoms with Crippen molar-refractivity contribution in [3.8, 4) is 23.3 Å². The Kier molecular flexibility index (Phi) is 9.78. The Morgan fingerprint density at radius 2 is 1.73 bits per heavy atom. The highest BCUT2D eigenvalue weighted by Crippen LogP contribution is 2.37. The number of ether oxygens (including phenoxy) is 3. The molecule has 0 aliphatic heterocycles. The minimum Gasteiger partial charge on any atom is -0.494 e. The van der Waals surface area contributed by atoms with Crippen molar-refractivity contribution in [2.45, 2.75) is 6.92 Å². The van der Waals surface area contributed by atoms with Crippen molar-refractivity contribution in [2.75, 3.05) is 31.0 Å². The number of hydrogen-bond donors (Lipinski definition) is 2. The molecule has 0 aliphatic rings. The molecule has 2 N–H and O–H groups in total. The molecule has 0 bridgehead atoms. The molecule has 8 nitrogen and oxygen atoms in total. The van der Waals surface area contributed by atoms with Crippen molar-refractivity contribution in [1.29, 1.82) is 5.26 Å². The molecule has 0 aromatic heterocycles. The zero-order valence-electron chi connectivity index (χ0n) is 20.0. The number of methoxy groups -OCH3 is 1. The molecule has 0 unspecified atom stereocenters. The molecule has 0 heterocycles. The van der Waals surface area contributed by atoms with Gasteiger partial charge in [0.1, 0.15) is 17.4 Å². The van der Waals surface area contributed by atoms with Crippen LogP contribution >= 0.6 is 23.2 Å². The molecule has 190 valence electrons. The molecule has 10 heteroatoms. The average molecular weight is 540 g/mol. The van der Waals surface area contributed by atoms with Crippen LogP contribution in [-0.4, -0.2) is 32.1 Å². The van der Waals surface area contributed by atoms with Crippen LogP contribution in [0.25, 0.3) is 6.08 Å². The van der Waals surface area contributed by atoms with Gasteiger partial charge in [-0.3, -0.25) is 9.59 Å². The number of amides is 2. The summed E-state index contributed by atoms with van der Waals surface area (Å²) in [5.41, 5.74) is 1.22. The van der Waals surface area contributed by atoms with Gasteiger partial charge in [0, 0.05) is 5.69 Å². The van der Waals surface area contributed by atoms with E-state index in [0.717, 1.165) is 0 Å². The number of carbonyl (C=O) groups excluding carboxylic acids is 2. The zero-order valence-corrected chi connectivity index (χ0v) is 21.5. The van der Waals surface area contributed by atoms with E-state index in [2.05, 4.69) is 10.6 Å². The largest absolute Gasteiger partial charge is 0.494 e. The van der Waals surface area contributed by atoms with Crippen LogP contribution in [0.5, 0.6) is 17.2 Å². The van der Waals surface area contributed by atoms with E-state index in [0.29, 0.717) is 34.3 Å². The molecular weight excluding hydrogens is 517 g/mol. The topological polar surface area (TPSA) is 110 Å². The van der Waals surface area contributed by atoms with Crippen molar-refractivity contribution in [3.63, 3.8) is 0 Å². The average Bonchev–Trinajstić information content (AvgIpc) is 2.89. The van der Waals surface area contributed by atoms with Gasteiger partial charge < -0.3 is 24.8 Å². The lowest BCUT2D eigenvalue weighted by Gasteiger charge is -2.14. The molecule has 0 fully saturated rings. The molecule has 0 spiro atoms. The Morgan fingerprint density at radius 1 is 1.00 bits per heavy atom. The van der Waals surface area contributed by atoms with Gasteiger partial charge in [0.2, 0.25) is 0 Å². The third kappa shape index (κ3) is 7.64. The number of carbonyl (C=O) groups is 2. The summed E-state index contributed by atoms with van der Waals surface area (Å²) in [6, 6.07) is 18.5. The quantitative estimate of drug-likeness (QED) is 0.243. The minimum absolute atomic E-state index is 0.125. The normalized spacial score (nSPS) is 10.7. The summed E-state index contributed by atoms with van der Waals surface area (Å²) in [5, 5.41) is 15.4. The summed E-state index contributed by atoms with van der Waals surface area (Å²) in [5.74, 6) is -0.0327. The molecule has 0 saturated heterocycles. The zero-order chi connectivity index (χ0) is 26.8. The summed E-state index contributed by atoms with van der Waals surface area (Å²) >= 11 is 12.4. The van der Waals surface area contributed by atoms with Crippen LogP contribution in [0.15, 0.2) is 66.2 Å². The first-order chi connectivity index (χ1) is 17.8. The monoisotopic (exact) mass is 539 g/mol. The van der Waals surface area contributed by atoms with Crippen LogP contribution in [0, 0.1) is 11.3 Å². The van der Waals surface area contributed by atoms with Gasteiger partial charge in [-0.05, 0) is 67.1 Å². The second kappa shape index (κ2) is 13.2. The Hall–Kier alpha value is -4.19. The lowest BCUT2D eigenvalue weighted by Crippen LogP contribution is -2.20. The summed E-state index contributed by atoms with van der Waals surface area (Å²) in [4.78, 5) is 24.9. The molecule has 3 aromatic rings. The lowest BCUT2D eigenvalue weighted by atomic mass is 10.1. The standard InChI is InChI=1S/C27H23Cl2N3O5/c1-3-36-20-10-8-19(9-11-20)31-27(34)18(15-30)12-17-13-22(29)26(24(14-17)35-2)37-16-25(33)32-23-7-5-4-6-21(23)28/h4-14H,3,16H2,1-2H3,(H,31,34)(H,32,33)/b18-12+. The van der Waals surface area contributed by atoms with Crippen molar-refractivity contribution in [2.24, 2.45) is 0 Å². The molecule has 0 aliphatic carbocycles. The van der Waals surface area contributed by atoms with Crippen LogP contribution in [0.2, 0.25) is 10.0 Å². The van der Waals surface area contributed by atoms with Crippen molar-refractivity contribution >= 4 is 52.5 Å². The van der Waals surface area contributed by atoms with Gasteiger partial charge in [0.15, 0.2) is 18.1 Å². The molecule has 3 aromatic carbocycles. The second-order valence-electron chi connectivity index (χ2n) is 7.43. The predicted octanol–water partition coefficient (Wildman–Crippen LogP) is 5.96. The molecule has 0 radical (unpaired) electrons. The molecule has 3 rings (SSSR count). The van der Waals surface area contributed by atoms with Gasteiger partial charge in [-0.15, -0.1) is 0 Å². The summed E-state index contributed by atoms with van der Waals surface area (Å²) in [6.45, 7) is 2.04. The van der Waals surface area contributed by atoms with Crippen molar-refractivity contribution < 1.29 is 23.8 Å². The Morgan fingerprint density at radius 3 is 2.38 bits per heavy atom. The summed E-state index contributed by atoms with van der Waals surface area (Å²) in [7, 11) is 1.40. The number of para-hydroxylation sites is 1. The van der Waals surface area contributed by atoms with E-state index in [1.807, 2.05) is 13.0 Å².